The summed E-state index contributed by atoms with van der Waals surface area (Å²) in [5.74, 6) is 4.53. The minimum atomic E-state index is -0.986. The van der Waals surface area contributed by atoms with Gasteiger partial charge in [-0.2, -0.15) is 0 Å². The largest absolute Gasteiger partial charge is 0.477 e. The molecule has 1 N–H and O–H groups in total. The third-order valence-corrected chi connectivity index (χ3v) is 1.73. The summed E-state index contributed by atoms with van der Waals surface area (Å²) in [5, 5.41) is 8.40. The molecule has 0 saturated carbocycles. The summed E-state index contributed by atoms with van der Waals surface area (Å²) < 4.78 is 0.103. The average Bonchev–Trinajstić information content (AvgIpc) is 2.03. The first-order chi connectivity index (χ1) is 5.68. The Hall–Kier alpha value is -0.750. The van der Waals surface area contributed by atoms with Crippen molar-refractivity contribution in [3.05, 3.63) is 10.6 Å². The Morgan fingerprint density at radius 2 is 2.33 bits per heavy atom. The maximum atomic E-state index is 10.2. The predicted octanol–water partition coefficient (Wildman–Crippen LogP) is 2.54. The van der Waals surface area contributed by atoms with Gasteiger partial charge in [0.15, 0.2) is 0 Å². The van der Waals surface area contributed by atoms with Gasteiger partial charge in [-0.3, -0.25) is 0 Å². The predicted molar refractivity (Wildman–Crippen MR) is 51.9 cm³/mol. The number of hydrogen-bond acceptors (Lipinski definition) is 1. The number of carboxylic acid groups (broad SMARTS) is 1. The van der Waals surface area contributed by atoms with Crippen molar-refractivity contribution in [1.29, 1.82) is 0 Å². The molecule has 0 bridgehead atoms. The van der Waals surface area contributed by atoms with E-state index in [-0.39, 0.29) is 4.48 Å². The molecule has 0 amide bonds. The van der Waals surface area contributed by atoms with Crippen LogP contribution in [0.1, 0.15) is 26.2 Å². The highest BCUT2D eigenvalue weighted by molar-refractivity contribution is 9.12. The first kappa shape index (κ1) is 11.2. The fourth-order valence-corrected chi connectivity index (χ4v) is 0.628. The lowest BCUT2D eigenvalue weighted by Crippen LogP contribution is -1.91. The molecule has 0 atom stereocenters. The molecular weight excluding hydrogens is 220 g/mol. The lowest BCUT2D eigenvalue weighted by molar-refractivity contribution is -0.131. The molecular formula is C9H11BrO2. The molecule has 0 aliphatic rings. The molecule has 0 heterocycles. The molecule has 0 aromatic heterocycles. The van der Waals surface area contributed by atoms with Crippen LogP contribution < -0.4 is 0 Å². The fraction of sp³-hybridized carbons (Fsp3) is 0.444. The summed E-state index contributed by atoms with van der Waals surface area (Å²) in [6.07, 6.45) is 4.36. The Labute approximate surface area is 80.8 Å². The number of carbonyl (C=O) groups is 1. The quantitative estimate of drug-likeness (QED) is 0.460. The van der Waals surface area contributed by atoms with Gasteiger partial charge >= 0.3 is 5.97 Å². The molecule has 0 aromatic carbocycles. The SMILES string of the molecule is CCCCC#C/C=C(/Br)C(=O)O. The molecule has 0 unspecified atom stereocenters. The fourth-order valence-electron chi connectivity index (χ4n) is 0.513. The Morgan fingerprint density at radius 3 is 2.83 bits per heavy atom. The van der Waals surface area contributed by atoms with Gasteiger partial charge in [0, 0.05) is 12.5 Å². The molecule has 0 aromatic rings. The van der Waals surface area contributed by atoms with Crippen molar-refractivity contribution in [2.24, 2.45) is 0 Å². The number of aliphatic carboxylic acids is 1. The van der Waals surface area contributed by atoms with Crippen molar-refractivity contribution in [1.82, 2.24) is 0 Å². The zero-order chi connectivity index (χ0) is 9.40. The number of halogens is 1. The van der Waals surface area contributed by atoms with Crippen molar-refractivity contribution >= 4 is 21.9 Å². The van der Waals surface area contributed by atoms with Crippen LogP contribution in [0.25, 0.3) is 0 Å². The van der Waals surface area contributed by atoms with Crippen molar-refractivity contribution in [3.8, 4) is 11.8 Å². The lowest BCUT2D eigenvalue weighted by atomic mass is 10.2. The van der Waals surface area contributed by atoms with Crippen LogP contribution >= 0.6 is 15.9 Å². The van der Waals surface area contributed by atoms with Crippen LogP contribution in [0.2, 0.25) is 0 Å². The van der Waals surface area contributed by atoms with E-state index in [1.165, 1.54) is 6.08 Å². The Kier molecular flexibility index (Phi) is 6.50. The van der Waals surface area contributed by atoms with Crippen molar-refractivity contribution < 1.29 is 9.90 Å². The van der Waals surface area contributed by atoms with Gasteiger partial charge in [-0.25, -0.2) is 4.79 Å². The highest BCUT2D eigenvalue weighted by atomic mass is 79.9. The van der Waals surface area contributed by atoms with Gasteiger partial charge in [-0.15, -0.1) is 0 Å². The average molecular weight is 231 g/mol. The van der Waals surface area contributed by atoms with Crippen molar-refractivity contribution in [2.75, 3.05) is 0 Å². The third-order valence-electron chi connectivity index (χ3n) is 1.16. The van der Waals surface area contributed by atoms with Gasteiger partial charge in [0.1, 0.15) is 4.48 Å². The van der Waals surface area contributed by atoms with Gasteiger partial charge in [-0.1, -0.05) is 25.2 Å². The summed E-state index contributed by atoms with van der Waals surface area (Å²) >= 11 is 2.87. The zero-order valence-corrected chi connectivity index (χ0v) is 8.52. The highest BCUT2D eigenvalue weighted by Crippen LogP contribution is 2.02. The van der Waals surface area contributed by atoms with Crippen LogP contribution in [0.4, 0.5) is 0 Å². The number of unbranched alkanes of at least 4 members (excludes halogenated alkanes) is 2. The molecule has 0 saturated heterocycles. The summed E-state index contributed by atoms with van der Waals surface area (Å²) in [5.41, 5.74) is 0. The summed E-state index contributed by atoms with van der Waals surface area (Å²) in [4.78, 5) is 10.2. The van der Waals surface area contributed by atoms with Gasteiger partial charge in [0.25, 0.3) is 0 Å². The topological polar surface area (TPSA) is 37.3 Å². The van der Waals surface area contributed by atoms with Crippen LogP contribution in [-0.2, 0) is 4.79 Å². The molecule has 12 heavy (non-hydrogen) atoms. The van der Waals surface area contributed by atoms with Crippen molar-refractivity contribution in [3.63, 3.8) is 0 Å². The van der Waals surface area contributed by atoms with Gasteiger partial charge in [0.2, 0.25) is 0 Å². The maximum Gasteiger partial charge on any atom is 0.343 e. The number of rotatable bonds is 3. The summed E-state index contributed by atoms with van der Waals surface area (Å²) in [6, 6.07) is 0. The molecule has 2 nitrogen and oxygen atoms in total. The molecule has 0 aliphatic carbocycles. The normalized spacial score (nSPS) is 10.3. The smallest absolute Gasteiger partial charge is 0.343 e. The molecule has 0 rings (SSSR count). The Bertz CT molecular complexity index is 233. The molecule has 0 spiro atoms. The van der Waals surface area contributed by atoms with E-state index in [2.05, 4.69) is 34.7 Å². The van der Waals surface area contributed by atoms with Crippen molar-refractivity contribution in [2.45, 2.75) is 26.2 Å². The van der Waals surface area contributed by atoms with E-state index in [0.29, 0.717) is 0 Å². The van der Waals surface area contributed by atoms with Crippen LogP contribution in [0.15, 0.2) is 10.6 Å². The second-order valence-electron chi connectivity index (χ2n) is 2.22. The summed E-state index contributed by atoms with van der Waals surface area (Å²) in [7, 11) is 0. The molecule has 0 fully saturated rings. The number of carboxylic acids is 1. The van der Waals surface area contributed by atoms with Crippen LogP contribution in [-0.4, -0.2) is 11.1 Å². The van der Waals surface area contributed by atoms with E-state index >= 15 is 0 Å². The van der Waals surface area contributed by atoms with E-state index in [9.17, 15) is 4.79 Å². The van der Waals surface area contributed by atoms with E-state index < -0.39 is 5.97 Å². The van der Waals surface area contributed by atoms with E-state index in [1.807, 2.05) is 0 Å². The minimum Gasteiger partial charge on any atom is -0.477 e. The van der Waals surface area contributed by atoms with E-state index in [1.54, 1.807) is 0 Å². The van der Waals surface area contributed by atoms with Crippen LogP contribution in [0, 0.1) is 11.8 Å². The Balaban J connectivity index is 3.82. The first-order valence-electron chi connectivity index (χ1n) is 3.75. The first-order valence-corrected chi connectivity index (χ1v) is 4.55. The van der Waals surface area contributed by atoms with Gasteiger partial charge in [0.05, 0.1) is 0 Å². The second-order valence-corrected chi connectivity index (χ2v) is 3.08. The monoisotopic (exact) mass is 230 g/mol. The molecule has 66 valence electrons. The van der Waals surface area contributed by atoms with Gasteiger partial charge in [-0.05, 0) is 22.4 Å². The highest BCUT2D eigenvalue weighted by Gasteiger charge is 1.97. The maximum absolute atomic E-state index is 10.2. The van der Waals surface area contributed by atoms with Crippen LogP contribution in [0.3, 0.4) is 0 Å². The Morgan fingerprint density at radius 1 is 1.67 bits per heavy atom. The minimum absolute atomic E-state index is 0.103. The zero-order valence-electron chi connectivity index (χ0n) is 6.93. The molecule has 0 radical (unpaired) electrons. The van der Waals surface area contributed by atoms with E-state index in [4.69, 9.17) is 5.11 Å². The van der Waals surface area contributed by atoms with Gasteiger partial charge < -0.3 is 5.11 Å². The molecule has 3 heteroatoms. The second kappa shape index (κ2) is 6.93. The summed E-state index contributed by atoms with van der Waals surface area (Å²) in [6.45, 7) is 2.09. The standard InChI is InChI=1S/C9H11BrO2/c1-2-3-4-5-6-7-8(10)9(11)12/h7H,2-4H2,1H3,(H,11,12)/b8-7+. The number of allylic oxidation sites excluding steroid dienone is 1. The third kappa shape index (κ3) is 5.99. The van der Waals surface area contributed by atoms with Crippen LogP contribution in [0.5, 0.6) is 0 Å². The number of hydrogen-bond donors (Lipinski definition) is 1. The molecule has 0 aliphatic heterocycles. The lowest BCUT2D eigenvalue weighted by Gasteiger charge is -1.84. The van der Waals surface area contributed by atoms with E-state index in [0.717, 1.165) is 19.3 Å².